The third-order valence-corrected chi connectivity index (χ3v) is 25.3. The number of benzene rings is 6. The summed E-state index contributed by atoms with van der Waals surface area (Å²) in [4.78, 5) is 116. The van der Waals surface area contributed by atoms with Crippen LogP contribution in [0, 0.1) is 45.3 Å². The number of amides is 2. The van der Waals surface area contributed by atoms with E-state index in [1.54, 1.807) is 43.2 Å². The van der Waals surface area contributed by atoms with E-state index in [-0.39, 0.29) is 77.9 Å². The Balaban J connectivity index is 0.000000128. The molecule has 0 bridgehead atoms. The lowest BCUT2D eigenvalue weighted by molar-refractivity contribution is -0.129. The topological polar surface area (TPSA) is 473 Å². The maximum Gasteiger partial charge on any atom is 0.278 e. The number of nitriles is 4. The highest BCUT2D eigenvalue weighted by Crippen LogP contribution is 2.38. The maximum atomic E-state index is 13.9. The van der Waals surface area contributed by atoms with Gasteiger partial charge in [0.25, 0.3) is 28.1 Å². The van der Waals surface area contributed by atoms with Gasteiger partial charge in [0.05, 0.1) is 38.4 Å². The number of pyridine rings is 1. The van der Waals surface area contributed by atoms with Gasteiger partial charge in [-0.2, -0.15) is 26.0 Å². The van der Waals surface area contributed by atoms with E-state index in [1.165, 1.54) is 43.9 Å². The van der Waals surface area contributed by atoms with Crippen LogP contribution < -0.4 is 70.1 Å². The third-order valence-electron chi connectivity index (χ3n) is 25.3. The molecule has 4 saturated heterocycles. The van der Waals surface area contributed by atoms with Crippen molar-refractivity contribution in [1.82, 2.24) is 76.5 Å². The molecule has 36 heteroatoms. The van der Waals surface area contributed by atoms with Gasteiger partial charge in [-0.25, -0.2) is 19.9 Å². The number of rotatable bonds is 22. The number of likely N-dealkylation sites (N-methyl/N-ethyl adjacent to an activating group) is 1. The van der Waals surface area contributed by atoms with Crippen LogP contribution in [0.5, 0.6) is 0 Å². The second kappa shape index (κ2) is 42.8. The molecule has 10 aromatic heterocycles. The zero-order valence-corrected chi connectivity index (χ0v) is 77.1. The lowest BCUT2D eigenvalue weighted by Crippen LogP contribution is -2.44. The molecule has 0 unspecified atom stereocenters. The molecular weight excluding hydrogens is 1760 g/mol. The van der Waals surface area contributed by atoms with Gasteiger partial charge in [0.15, 0.2) is 5.82 Å². The average molecular weight is 1860 g/mol. The minimum absolute atomic E-state index is 0.000137. The Hall–Kier alpha value is -16.8. The molecule has 4 aliphatic heterocycles. The third kappa shape index (κ3) is 20.7. The standard InChI is InChI=1S/C28H26N8O2.C27H27N7O2.C25H25N7O.C23H27N7O2/c29-14-22-24-25(36(15-19-8-3-1-4-9-19)27(22)34-13-7-12-21(30)16-34)28(37)35(18-31-24)17-23-32-26(38-33-23)20-10-5-2-6-11-20;28-14-22-24-25(27(36)33(18-30-24)17-23(35)31-21-11-5-2-6-12-21)34(15-19-8-3-1-4-9-19)26(22)32-13-7-10-20(29)16-32;26-12-21-22-23(25(33)31(17-29-22)14-19-8-4-10-28-13-19)32(15-18-6-2-1-3-7-18)24(21)30-11-5-9-20(27)16-30;1-27(2)19(31)14-29-15-26-20-18(11-24)22(28-10-6-9-17(25)13-28)30(21(20)23(29)32)12-16-7-4-3-5-8-16/h1-6,8-11,18,21H,7,12-13,15-17,30H2;1-6,8-9,11-12,18,20H,7,10,13,15-17,29H2,(H,31,35);1-4,6-8,10,13,17,20H,5,9,11,14-16,27H2;3-5,7-8,15,17H,6,9-10,12-14,25H2,1-2H3/t21-;2*20-;17-/m0000/s1. The van der Waals surface area contributed by atoms with Crippen LogP contribution in [0.4, 0.5) is 29.0 Å². The molecule has 9 N–H and O–H groups in total. The van der Waals surface area contributed by atoms with Crippen molar-refractivity contribution in [2.45, 2.75) is 128 Å². The summed E-state index contributed by atoms with van der Waals surface area (Å²) in [6, 6.07) is 70.9. The molecular formula is C103H105N29O7. The lowest BCUT2D eigenvalue weighted by Gasteiger charge is -2.33. The maximum absolute atomic E-state index is 13.9. The second-order valence-electron chi connectivity index (χ2n) is 35.4. The summed E-state index contributed by atoms with van der Waals surface area (Å²) < 4.78 is 18.6. The van der Waals surface area contributed by atoms with E-state index >= 15 is 0 Å². The summed E-state index contributed by atoms with van der Waals surface area (Å²) in [5.41, 5.74) is 34.8. The van der Waals surface area contributed by atoms with Gasteiger partial charge < -0.3 is 75.5 Å². The Morgan fingerprint density at radius 1 is 0.403 bits per heavy atom. The number of carbonyl (C=O) groups is 2. The molecule has 0 aliphatic carbocycles. The van der Waals surface area contributed by atoms with Gasteiger partial charge in [0.2, 0.25) is 11.8 Å². The number of nitrogens with two attached hydrogens (primary N) is 4. The largest absolute Gasteiger partial charge is 0.355 e. The summed E-state index contributed by atoms with van der Waals surface area (Å²) >= 11 is 0. The fourth-order valence-corrected chi connectivity index (χ4v) is 18.7. The molecule has 4 aliphatic rings. The monoisotopic (exact) mass is 1860 g/mol. The highest BCUT2D eigenvalue weighted by atomic mass is 16.5. The van der Waals surface area contributed by atoms with Gasteiger partial charge >= 0.3 is 0 Å². The number of para-hydroxylation sites is 1. The minimum atomic E-state index is -0.372. The molecule has 704 valence electrons. The molecule has 0 saturated carbocycles. The van der Waals surface area contributed by atoms with Crippen LogP contribution in [0.3, 0.4) is 0 Å². The summed E-state index contributed by atoms with van der Waals surface area (Å²) in [6.45, 7) is 7.29. The Morgan fingerprint density at radius 3 is 1.05 bits per heavy atom. The summed E-state index contributed by atoms with van der Waals surface area (Å²) in [7, 11) is 3.28. The number of piperidine rings is 4. The fourth-order valence-electron chi connectivity index (χ4n) is 18.7. The van der Waals surface area contributed by atoms with Gasteiger partial charge in [0, 0.05) is 140 Å². The van der Waals surface area contributed by atoms with Crippen molar-refractivity contribution in [2.75, 3.05) is 91.4 Å². The molecule has 4 fully saturated rings. The van der Waals surface area contributed by atoms with Crippen LogP contribution in [0.1, 0.15) is 107 Å². The van der Waals surface area contributed by atoms with E-state index in [9.17, 15) is 49.8 Å². The number of fused-ring (bicyclic) bond motifs is 4. The van der Waals surface area contributed by atoms with Crippen LogP contribution in [0.2, 0.25) is 0 Å². The second-order valence-corrected chi connectivity index (χ2v) is 35.4. The highest BCUT2D eigenvalue weighted by molar-refractivity contribution is 5.94. The minimum Gasteiger partial charge on any atom is -0.355 e. The van der Waals surface area contributed by atoms with Gasteiger partial charge in [-0.3, -0.25) is 52.0 Å². The SMILES string of the molecule is CN(C)C(=O)Cn1cnc2c(C#N)c(N3CCC[C@H](N)C3)n(Cc3ccccc3)c2c1=O.N#Cc1c(N2CCC[C@H](N)C2)n(Cc2ccccc2)c2c(=O)n(CC(=O)Nc3ccccc3)cnc12.N#Cc1c(N2CCC[C@H](N)C2)n(Cc2ccccc2)c2c(=O)n(Cc3cccnc3)cnc12.N#Cc1c(N2CCC[C@H](N)C2)n(Cc2ccccc2)c2c(=O)n(Cc3noc(-c4ccccc4)n3)cnc12. The van der Waals surface area contributed by atoms with Crippen LogP contribution in [-0.2, 0) is 61.9 Å². The summed E-state index contributed by atoms with van der Waals surface area (Å²) in [5, 5.41) is 47.3. The highest BCUT2D eigenvalue weighted by Gasteiger charge is 2.35. The number of hydrogen-bond acceptors (Lipinski definition) is 26. The number of aromatic nitrogens is 15. The Kier molecular flexibility index (Phi) is 29.0. The molecule has 36 nitrogen and oxygen atoms in total. The van der Waals surface area contributed by atoms with Crippen LogP contribution in [-0.4, -0.2) is 179 Å². The van der Waals surface area contributed by atoms with Gasteiger partial charge in [-0.1, -0.05) is 169 Å². The smallest absolute Gasteiger partial charge is 0.278 e. The zero-order chi connectivity index (χ0) is 96.7. The average Bonchev–Trinajstić information content (AvgIpc) is 1.18. The van der Waals surface area contributed by atoms with Gasteiger partial charge in [0.1, 0.15) is 127 Å². The molecule has 4 atom stereocenters. The Morgan fingerprint density at radius 2 is 0.719 bits per heavy atom. The Labute approximate surface area is 799 Å². The van der Waals surface area contributed by atoms with Crippen molar-refractivity contribution >= 4 is 84.9 Å². The lowest BCUT2D eigenvalue weighted by atomic mass is 10.1. The van der Waals surface area contributed by atoms with E-state index in [4.69, 9.17) is 27.5 Å². The van der Waals surface area contributed by atoms with Crippen LogP contribution >= 0.6 is 0 Å². The summed E-state index contributed by atoms with van der Waals surface area (Å²) in [6.07, 6.45) is 16.5. The first-order chi connectivity index (χ1) is 67.7. The first kappa shape index (κ1) is 94.0. The first-order valence-corrected chi connectivity index (χ1v) is 46.3. The molecule has 6 aromatic carbocycles. The number of carbonyl (C=O) groups excluding carboxylic acids is 2. The number of anilines is 5. The number of nitrogens with one attached hydrogen (secondary N) is 1. The van der Waals surface area contributed by atoms with E-state index in [0.29, 0.717) is 160 Å². The van der Waals surface area contributed by atoms with Crippen LogP contribution in [0.25, 0.3) is 55.6 Å². The van der Waals surface area contributed by atoms with Gasteiger partial charge in [-0.15, -0.1) is 0 Å². The van der Waals surface area contributed by atoms with E-state index in [2.05, 4.69) is 84.3 Å². The molecule has 0 radical (unpaired) electrons. The van der Waals surface area contributed by atoms with Gasteiger partial charge in [-0.05, 0) is 110 Å². The van der Waals surface area contributed by atoms with Crippen molar-refractivity contribution < 1.29 is 14.1 Å². The number of hydrogen-bond donors (Lipinski definition) is 5. The van der Waals surface area contributed by atoms with Crippen LogP contribution in [0.15, 0.2) is 256 Å². The normalized spacial score (nSPS) is 15.8. The number of nitrogens with zero attached hydrogens (tertiary/aromatic N) is 24. The predicted molar refractivity (Wildman–Crippen MR) is 531 cm³/mol. The molecule has 139 heavy (non-hydrogen) atoms. The van der Waals surface area contributed by atoms with E-state index < -0.39 is 0 Å². The van der Waals surface area contributed by atoms with Crippen molar-refractivity contribution in [3.63, 3.8) is 0 Å². The zero-order valence-electron chi connectivity index (χ0n) is 77.1. The quantitative estimate of drug-likeness (QED) is 0.0421. The molecule has 20 rings (SSSR count). The molecule has 16 aromatic rings. The molecule has 14 heterocycles. The van der Waals surface area contributed by atoms with Crippen molar-refractivity contribution in [1.29, 1.82) is 21.0 Å². The molecule has 0 spiro atoms. The Bertz CT molecular complexity index is 7550. The van der Waals surface area contributed by atoms with Crippen molar-refractivity contribution in [3.05, 3.63) is 329 Å². The fraction of sp³-hybridized carbons (Fsp3) is 0.291. The predicted octanol–water partition coefficient (Wildman–Crippen LogP) is 9.45. The van der Waals surface area contributed by atoms with E-state index in [0.717, 1.165) is 117 Å². The van der Waals surface area contributed by atoms with E-state index in [1.807, 2.05) is 200 Å². The summed E-state index contributed by atoms with van der Waals surface area (Å²) in [5.74, 6) is 2.93. The molecule has 2 amide bonds. The van der Waals surface area contributed by atoms with Crippen molar-refractivity contribution in [3.8, 4) is 35.7 Å². The first-order valence-electron chi connectivity index (χ1n) is 46.3. The van der Waals surface area contributed by atoms with Crippen molar-refractivity contribution in [2.24, 2.45) is 22.9 Å².